The SMILES string of the molecule is CCOC(=O)NNC(=O)C1CCC(C(C)(C)C)CC1. The molecule has 5 nitrogen and oxygen atoms in total. The first-order chi connectivity index (χ1) is 8.84. The van der Waals surface area contributed by atoms with Gasteiger partial charge in [0.05, 0.1) is 6.61 Å². The number of carbonyl (C=O) groups is 2. The molecule has 1 saturated carbocycles. The molecular weight excluding hydrogens is 244 g/mol. The number of hydrogen-bond acceptors (Lipinski definition) is 3. The Morgan fingerprint density at radius 1 is 1.11 bits per heavy atom. The zero-order valence-corrected chi connectivity index (χ0v) is 12.4. The molecular formula is C14H26N2O3. The summed E-state index contributed by atoms with van der Waals surface area (Å²) in [6, 6.07) is 0. The highest BCUT2D eigenvalue weighted by molar-refractivity contribution is 5.81. The maximum Gasteiger partial charge on any atom is 0.426 e. The number of amides is 2. The first-order valence-electron chi connectivity index (χ1n) is 7.07. The van der Waals surface area contributed by atoms with Crippen LogP contribution in [0, 0.1) is 17.3 Å². The molecule has 0 saturated heterocycles. The van der Waals surface area contributed by atoms with Crippen LogP contribution in [-0.4, -0.2) is 18.6 Å². The van der Waals surface area contributed by atoms with Gasteiger partial charge in [0, 0.05) is 5.92 Å². The highest BCUT2D eigenvalue weighted by Crippen LogP contribution is 2.39. The van der Waals surface area contributed by atoms with E-state index in [1.54, 1.807) is 6.92 Å². The van der Waals surface area contributed by atoms with Gasteiger partial charge >= 0.3 is 6.09 Å². The van der Waals surface area contributed by atoms with E-state index >= 15 is 0 Å². The smallest absolute Gasteiger partial charge is 0.426 e. The summed E-state index contributed by atoms with van der Waals surface area (Å²) in [6.07, 6.45) is 3.30. The summed E-state index contributed by atoms with van der Waals surface area (Å²) in [7, 11) is 0. The minimum Gasteiger partial charge on any atom is -0.449 e. The highest BCUT2D eigenvalue weighted by atomic mass is 16.5. The van der Waals surface area contributed by atoms with E-state index in [9.17, 15) is 9.59 Å². The first kappa shape index (κ1) is 15.8. The van der Waals surface area contributed by atoms with Crippen LogP contribution in [0.5, 0.6) is 0 Å². The van der Waals surface area contributed by atoms with Gasteiger partial charge in [-0.3, -0.25) is 10.2 Å². The molecule has 0 aliphatic heterocycles. The molecule has 2 N–H and O–H groups in total. The number of rotatable bonds is 2. The van der Waals surface area contributed by atoms with Gasteiger partial charge in [-0.05, 0) is 43.9 Å². The molecule has 0 atom stereocenters. The van der Waals surface area contributed by atoms with Crippen LogP contribution in [0.15, 0.2) is 0 Å². The average Bonchev–Trinajstić information content (AvgIpc) is 2.35. The van der Waals surface area contributed by atoms with Crippen molar-refractivity contribution in [2.24, 2.45) is 17.3 Å². The van der Waals surface area contributed by atoms with Gasteiger partial charge in [-0.1, -0.05) is 20.8 Å². The Balaban J connectivity index is 2.31. The molecule has 5 heteroatoms. The van der Waals surface area contributed by atoms with E-state index in [0.717, 1.165) is 25.7 Å². The molecule has 2 amide bonds. The third-order valence-electron chi connectivity index (χ3n) is 3.89. The van der Waals surface area contributed by atoms with Gasteiger partial charge in [0.15, 0.2) is 0 Å². The standard InChI is InChI=1S/C14H26N2O3/c1-5-19-13(18)16-15-12(17)10-6-8-11(9-7-10)14(2,3)4/h10-11H,5-9H2,1-4H3,(H,15,17)(H,16,18). The maximum atomic E-state index is 11.9. The molecule has 0 heterocycles. The van der Waals surface area contributed by atoms with Gasteiger partial charge in [-0.2, -0.15) is 0 Å². The number of ether oxygens (including phenoxy) is 1. The summed E-state index contributed by atoms with van der Waals surface area (Å²) < 4.78 is 4.68. The van der Waals surface area contributed by atoms with Gasteiger partial charge in [0.1, 0.15) is 0 Å². The average molecular weight is 270 g/mol. The Bertz CT molecular complexity index is 315. The Kier molecular flexibility index (Phi) is 5.63. The quantitative estimate of drug-likeness (QED) is 0.758. The van der Waals surface area contributed by atoms with E-state index < -0.39 is 6.09 Å². The summed E-state index contributed by atoms with van der Waals surface area (Å²) in [5.41, 5.74) is 5.00. The van der Waals surface area contributed by atoms with Crippen molar-refractivity contribution in [1.82, 2.24) is 10.9 Å². The summed E-state index contributed by atoms with van der Waals surface area (Å²) >= 11 is 0. The Morgan fingerprint density at radius 3 is 2.16 bits per heavy atom. The van der Waals surface area contributed by atoms with E-state index in [0.29, 0.717) is 17.9 Å². The molecule has 19 heavy (non-hydrogen) atoms. The molecule has 1 rings (SSSR count). The zero-order chi connectivity index (χ0) is 14.5. The lowest BCUT2D eigenvalue weighted by Crippen LogP contribution is -2.45. The van der Waals surface area contributed by atoms with E-state index in [4.69, 9.17) is 0 Å². The van der Waals surface area contributed by atoms with Crippen molar-refractivity contribution in [1.29, 1.82) is 0 Å². The van der Waals surface area contributed by atoms with Crippen LogP contribution in [-0.2, 0) is 9.53 Å². The molecule has 0 radical (unpaired) electrons. The fourth-order valence-electron chi connectivity index (χ4n) is 2.60. The number of carbonyl (C=O) groups excluding carboxylic acids is 2. The van der Waals surface area contributed by atoms with Crippen molar-refractivity contribution in [3.63, 3.8) is 0 Å². The molecule has 0 aromatic carbocycles. The second-order valence-electron chi connectivity index (χ2n) is 6.25. The number of hydrogen-bond donors (Lipinski definition) is 2. The largest absolute Gasteiger partial charge is 0.449 e. The first-order valence-corrected chi connectivity index (χ1v) is 7.07. The van der Waals surface area contributed by atoms with Crippen molar-refractivity contribution in [3.05, 3.63) is 0 Å². The van der Waals surface area contributed by atoms with Gasteiger partial charge in [0.25, 0.3) is 0 Å². The molecule has 110 valence electrons. The van der Waals surface area contributed by atoms with Crippen molar-refractivity contribution in [2.45, 2.75) is 53.4 Å². The lowest BCUT2D eigenvalue weighted by Gasteiger charge is -2.36. The fraction of sp³-hybridized carbons (Fsp3) is 0.857. The second-order valence-corrected chi connectivity index (χ2v) is 6.25. The molecule has 0 unspecified atom stereocenters. The molecule has 1 fully saturated rings. The lowest BCUT2D eigenvalue weighted by atomic mass is 9.70. The van der Waals surface area contributed by atoms with Gasteiger partial charge in [-0.15, -0.1) is 0 Å². The van der Waals surface area contributed by atoms with Gasteiger partial charge in [-0.25, -0.2) is 10.2 Å². The highest BCUT2D eigenvalue weighted by Gasteiger charge is 2.32. The Morgan fingerprint density at radius 2 is 1.68 bits per heavy atom. The third kappa shape index (κ3) is 5.09. The zero-order valence-electron chi connectivity index (χ0n) is 12.4. The van der Waals surface area contributed by atoms with Crippen LogP contribution in [0.1, 0.15) is 53.4 Å². The number of nitrogens with one attached hydrogen (secondary N) is 2. The number of hydrazine groups is 1. The molecule has 1 aliphatic rings. The summed E-state index contributed by atoms with van der Waals surface area (Å²) in [5.74, 6) is 0.565. The van der Waals surface area contributed by atoms with Crippen LogP contribution < -0.4 is 10.9 Å². The molecule has 0 aromatic heterocycles. The third-order valence-corrected chi connectivity index (χ3v) is 3.89. The molecule has 0 bridgehead atoms. The predicted octanol–water partition coefficient (Wildman–Crippen LogP) is 2.62. The van der Waals surface area contributed by atoms with Crippen molar-refractivity contribution >= 4 is 12.0 Å². The maximum absolute atomic E-state index is 11.9. The summed E-state index contributed by atoms with van der Waals surface area (Å²) in [6.45, 7) is 8.76. The van der Waals surface area contributed by atoms with Crippen LogP contribution in [0.3, 0.4) is 0 Å². The molecule has 0 aromatic rings. The lowest BCUT2D eigenvalue weighted by molar-refractivity contribution is -0.127. The Labute approximate surface area is 115 Å². The van der Waals surface area contributed by atoms with Crippen LogP contribution >= 0.6 is 0 Å². The monoisotopic (exact) mass is 270 g/mol. The topological polar surface area (TPSA) is 67.4 Å². The normalized spacial score (nSPS) is 23.6. The molecule has 1 aliphatic carbocycles. The summed E-state index contributed by atoms with van der Waals surface area (Å²) in [5, 5.41) is 0. The second kappa shape index (κ2) is 6.78. The summed E-state index contributed by atoms with van der Waals surface area (Å²) in [4.78, 5) is 22.9. The van der Waals surface area contributed by atoms with E-state index in [1.807, 2.05) is 0 Å². The van der Waals surface area contributed by atoms with Crippen molar-refractivity contribution in [3.8, 4) is 0 Å². The minimum absolute atomic E-state index is 0.000488. The van der Waals surface area contributed by atoms with E-state index in [2.05, 4.69) is 36.4 Å². The van der Waals surface area contributed by atoms with E-state index in [-0.39, 0.29) is 11.8 Å². The van der Waals surface area contributed by atoms with Crippen molar-refractivity contribution in [2.75, 3.05) is 6.61 Å². The Hall–Kier alpha value is -1.26. The van der Waals surface area contributed by atoms with Crippen LogP contribution in [0.2, 0.25) is 0 Å². The predicted molar refractivity (Wildman–Crippen MR) is 73.2 cm³/mol. The van der Waals surface area contributed by atoms with Crippen molar-refractivity contribution < 1.29 is 14.3 Å². The minimum atomic E-state index is -0.612. The molecule has 0 spiro atoms. The van der Waals surface area contributed by atoms with Crippen LogP contribution in [0.25, 0.3) is 0 Å². The fourth-order valence-corrected chi connectivity index (χ4v) is 2.60. The van der Waals surface area contributed by atoms with Crippen LogP contribution in [0.4, 0.5) is 4.79 Å². The van der Waals surface area contributed by atoms with Gasteiger partial charge in [0.2, 0.25) is 5.91 Å². The van der Waals surface area contributed by atoms with E-state index in [1.165, 1.54) is 0 Å². The van der Waals surface area contributed by atoms with Gasteiger partial charge < -0.3 is 4.74 Å².